The van der Waals surface area contributed by atoms with Gasteiger partial charge in [-0.25, -0.2) is 9.97 Å². The highest BCUT2D eigenvalue weighted by Gasteiger charge is 2.17. The normalized spacial score (nSPS) is 12.5. The summed E-state index contributed by atoms with van der Waals surface area (Å²) in [6.07, 6.45) is 0. The highest BCUT2D eigenvalue weighted by atomic mass is 32.1. The molecule has 0 bridgehead atoms. The summed E-state index contributed by atoms with van der Waals surface area (Å²) in [7, 11) is 1.77. The molecule has 126 valence electrons. The number of aryl methyl sites for hydroxylation is 2. The minimum absolute atomic E-state index is 0.0925. The van der Waals surface area contributed by atoms with Gasteiger partial charge in [-0.05, 0) is 13.8 Å². The molecule has 0 saturated heterocycles. The zero-order valence-corrected chi connectivity index (χ0v) is 16.3. The Morgan fingerprint density at radius 3 is 2.26 bits per heavy atom. The van der Waals surface area contributed by atoms with Gasteiger partial charge in [0, 0.05) is 22.7 Å². The predicted molar refractivity (Wildman–Crippen MR) is 99.4 cm³/mol. The second-order valence-electron chi connectivity index (χ2n) is 6.41. The molecule has 0 aliphatic carbocycles. The molecule has 0 aliphatic rings. The van der Waals surface area contributed by atoms with Gasteiger partial charge >= 0.3 is 0 Å². The lowest BCUT2D eigenvalue weighted by atomic mass is 9.93. The molecule has 2 N–H and O–H groups in total. The fourth-order valence-electron chi connectivity index (χ4n) is 1.89. The Balaban J connectivity index is 1.86. The van der Waals surface area contributed by atoms with Crippen LogP contribution in [0.4, 0.5) is 0 Å². The SMILES string of the molecule is CN=C(NCc1nc(C(C)(C)C)cs1)NCc1nc(C)c(C)s1. The van der Waals surface area contributed by atoms with Gasteiger partial charge in [-0.3, -0.25) is 4.99 Å². The lowest BCUT2D eigenvalue weighted by Crippen LogP contribution is -2.36. The number of rotatable bonds is 4. The molecule has 23 heavy (non-hydrogen) atoms. The molecule has 0 spiro atoms. The highest BCUT2D eigenvalue weighted by molar-refractivity contribution is 7.11. The van der Waals surface area contributed by atoms with Crippen molar-refractivity contribution in [3.8, 4) is 0 Å². The Hall–Kier alpha value is -1.47. The van der Waals surface area contributed by atoms with Crippen LogP contribution in [0.5, 0.6) is 0 Å². The molecule has 0 aromatic carbocycles. The Morgan fingerprint density at radius 1 is 1.13 bits per heavy atom. The van der Waals surface area contributed by atoms with Crippen LogP contribution < -0.4 is 10.6 Å². The number of aromatic nitrogens is 2. The Kier molecular flexibility index (Phi) is 5.75. The van der Waals surface area contributed by atoms with E-state index in [1.807, 2.05) is 6.92 Å². The quantitative estimate of drug-likeness (QED) is 0.655. The van der Waals surface area contributed by atoms with Crippen molar-refractivity contribution in [2.24, 2.45) is 4.99 Å². The van der Waals surface area contributed by atoms with Crippen LogP contribution in [0.25, 0.3) is 0 Å². The van der Waals surface area contributed by atoms with E-state index in [0.29, 0.717) is 13.1 Å². The van der Waals surface area contributed by atoms with Crippen molar-refractivity contribution in [3.05, 3.63) is 31.7 Å². The number of guanidine groups is 1. The van der Waals surface area contributed by atoms with E-state index in [2.05, 4.69) is 58.7 Å². The minimum atomic E-state index is 0.0925. The minimum Gasteiger partial charge on any atom is -0.350 e. The van der Waals surface area contributed by atoms with Crippen molar-refractivity contribution < 1.29 is 0 Å². The van der Waals surface area contributed by atoms with E-state index >= 15 is 0 Å². The molecule has 0 radical (unpaired) electrons. The van der Waals surface area contributed by atoms with Crippen LogP contribution in [-0.4, -0.2) is 23.0 Å². The van der Waals surface area contributed by atoms with Gasteiger partial charge in [-0.1, -0.05) is 20.8 Å². The molecule has 5 nitrogen and oxygen atoms in total. The number of hydrogen-bond acceptors (Lipinski definition) is 5. The third-order valence-electron chi connectivity index (χ3n) is 3.43. The summed E-state index contributed by atoms with van der Waals surface area (Å²) in [5.74, 6) is 0.767. The molecule has 0 unspecified atom stereocenters. The second-order valence-corrected chi connectivity index (χ2v) is 8.64. The summed E-state index contributed by atoms with van der Waals surface area (Å²) in [5, 5.41) is 10.9. The number of nitrogens with one attached hydrogen (secondary N) is 2. The maximum absolute atomic E-state index is 4.68. The summed E-state index contributed by atoms with van der Waals surface area (Å²) in [6.45, 7) is 12.0. The predicted octanol–water partition coefficient (Wildman–Crippen LogP) is 3.38. The average Bonchev–Trinajstić information content (AvgIpc) is 3.06. The largest absolute Gasteiger partial charge is 0.350 e. The van der Waals surface area contributed by atoms with Crippen LogP contribution in [-0.2, 0) is 18.5 Å². The lowest BCUT2D eigenvalue weighted by molar-refractivity contribution is 0.570. The molecular weight excluding hydrogens is 326 g/mol. The molecular formula is C16H25N5S2. The van der Waals surface area contributed by atoms with Crippen molar-refractivity contribution in [1.29, 1.82) is 0 Å². The smallest absolute Gasteiger partial charge is 0.191 e. The monoisotopic (exact) mass is 351 g/mol. The maximum atomic E-state index is 4.68. The van der Waals surface area contributed by atoms with E-state index in [1.165, 1.54) is 4.88 Å². The molecule has 2 aromatic heterocycles. The van der Waals surface area contributed by atoms with Crippen molar-refractivity contribution >= 4 is 28.6 Å². The van der Waals surface area contributed by atoms with E-state index in [1.54, 1.807) is 29.7 Å². The van der Waals surface area contributed by atoms with Gasteiger partial charge in [-0.2, -0.15) is 0 Å². The average molecular weight is 352 g/mol. The third-order valence-corrected chi connectivity index (χ3v) is 5.35. The van der Waals surface area contributed by atoms with Gasteiger partial charge in [0.05, 0.1) is 24.5 Å². The number of hydrogen-bond donors (Lipinski definition) is 2. The topological polar surface area (TPSA) is 62.2 Å². The van der Waals surface area contributed by atoms with E-state index in [9.17, 15) is 0 Å². The van der Waals surface area contributed by atoms with E-state index in [4.69, 9.17) is 0 Å². The third kappa shape index (κ3) is 5.00. The Bertz CT molecular complexity index is 659. The van der Waals surface area contributed by atoms with Gasteiger partial charge in [0.25, 0.3) is 0 Å². The molecule has 2 aromatic rings. The van der Waals surface area contributed by atoms with Crippen molar-refractivity contribution in [3.63, 3.8) is 0 Å². The molecule has 0 saturated carbocycles. The van der Waals surface area contributed by atoms with Crippen molar-refractivity contribution in [2.75, 3.05) is 7.05 Å². The first kappa shape index (κ1) is 17.9. The van der Waals surface area contributed by atoms with Crippen LogP contribution in [0.2, 0.25) is 0 Å². The van der Waals surface area contributed by atoms with Crippen LogP contribution in [0.15, 0.2) is 10.4 Å². The van der Waals surface area contributed by atoms with Crippen LogP contribution in [0, 0.1) is 13.8 Å². The molecule has 7 heteroatoms. The Morgan fingerprint density at radius 2 is 1.78 bits per heavy atom. The maximum Gasteiger partial charge on any atom is 0.191 e. The zero-order valence-electron chi connectivity index (χ0n) is 14.6. The number of nitrogens with zero attached hydrogens (tertiary/aromatic N) is 3. The Labute approximate surface area is 146 Å². The molecule has 2 heterocycles. The first-order chi connectivity index (χ1) is 10.8. The van der Waals surface area contributed by atoms with Gasteiger partial charge in [0.1, 0.15) is 10.0 Å². The van der Waals surface area contributed by atoms with Crippen LogP contribution in [0.3, 0.4) is 0 Å². The second kappa shape index (κ2) is 7.40. The molecule has 0 aliphatic heterocycles. The molecule has 2 rings (SSSR count). The summed E-state index contributed by atoms with van der Waals surface area (Å²) in [6, 6.07) is 0. The summed E-state index contributed by atoms with van der Waals surface area (Å²) >= 11 is 3.40. The summed E-state index contributed by atoms with van der Waals surface area (Å²) < 4.78 is 0. The van der Waals surface area contributed by atoms with Crippen molar-refractivity contribution in [2.45, 2.75) is 53.1 Å². The number of thiazole rings is 2. The van der Waals surface area contributed by atoms with E-state index < -0.39 is 0 Å². The molecule has 0 atom stereocenters. The first-order valence-electron chi connectivity index (χ1n) is 7.62. The van der Waals surface area contributed by atoms with Crippen molar-refractivity contribution in [1.82, 2.24) is 20.6 Å². The van der Waals surface area contributed by atoms with Crippen LogP contribution >= 0.6 is 22.7 Å². The van der Waals surface area contributed by atoms with Gasteiger partial charge in [0.15, 0.2) is 5.96 Å². The number of aliphatic imine (C=N–C) groups is 1. The van der Waals surface area contributed by atoms with E-state index in [0.717, 1.165) is 27.4 Å². The standard InChI is InChI=1S/C16H25N5S2/c1-10-11(2)23-14(20-10)8-19-15(17-6)18-7-13-21-12(9-22-13)16(3,4)5/h9H,7-8H2,1-6H3,(H2,17,18,19). The van der Waals surface area contributed by atoms with Gasteiger partial charge in [-0.15, -0.1) is 22.7 Å². The summed E-state index contributed by atoms with van der Waals surface area (Å²) in [5.41, 5.74) is 2.33. The first-order valence-corrected chi connectivity index (χ1v) is 9.31. The van der Waals surface area contributed by atoms with E-state index in [-0.39, 0.29) is 5.41 Å². The van der Waals surface area contributed by atoms with Gasteiger partial charge in [0.2, 0.25) is 0 Å². The van der Waals surface area contributed by atoms with Gasteiger partial charge < -0.3 is 10.6 Å². The fraction of sp³-hybridized carbons (Fsp3) is 0.562. The summed E-state index contributed by atoms with van der Waals surface area (Å²) in [4.78, 5) is 14.7. The fourth-order valence-corrected chi connectivity index (χ4v) is 3.72. The van der Waals surface area contributed by atoms with Crippen LogP contribution in [0.1, 0.15) is 47.1 Å². The zero-order chi connectivity index (χ0) is 17.0. The highest BCUT2D eigenvalue weighted by Crippen LogP contribution is 2.23. The molecule has 0 amide bonds. The lowest BCUT2D eigenvalue weighted by Gasteiger charge is -2.14. The molecule has 0 fully saturated rings.